The zero-order chi connectivity index (χ0) is 24.8. The van der Waals surface area contributed by atoms with E-state index in [1.165, 1.54) is 0 Å². The fraction of sp³-hybridized carbons (Fsp3) is 0.429. The third kappa shape index (κ3) is 4.17. The van der Waals surface area contributed by atoms with E-state index < -0.39 is 5.92 Å². The van der Waals surface area contributed by atoms with Crippen LogP contribution in [0.4, 0.5) is 5.69 Å². The van der Waals surface area contributed by atoms with Crippen LogP contribution in [0.25, 0.3) is 0 Å². The second-order valence-corrected chi connectivity index (χ2v) is 10.1. The van der Waals surface area contributed by atoms with E-state index in [9.17, 15) is 9.59 Å². The van der Waals surface area contributed by atoms with Gasteiger partial charge in [-0.05, 0) is 55.0 Å². The lowest BCUT2D eigenvalue weighted by molar-refractivity contribution is -0.121. The van der Waals surface area contributed by atoms with E-state index in [-0.39, 0.29) is 23.5 Å². The number of ether oxygens (including phenoxy) is 3. The van der Waals surface area contributed by atoms with Gasteiger partial charge in [-0.25, -0.2) is 0 Å². The fourth-order valence-electron chi connectivity index (χ4n) is 5.39. The minimum Gasteiger partial charge on any atom is -0.496 e. The maximum atomic E-state index is 13.7. The van der Waals surface area contributed by atoms with Gasteiger partial charge < -0.3 is 14.2 Å². The number of nitrogens with zero attached hydrogens (tertiary/aromatic N) is 1. The summed E-state index contributed by atoms with van der Waals surface area (Å²) >= 11 is 0. The van der Waals surface area contributed by atoms with E-state index in [0.717, 1.165) is 28.1 Å². The Morgan fingerprint density at radius 2 is 1.41 bits per heavy atom. The fourth-order valence-corrected chi connectivity index (χ4v) is 5.39. The largest absolute Gasteiger partial charge is 0.496 e. The summed E-state index contributed by atoms with van der Waals surface area (Å²) in [7, 11) is 4.72. The maximum absolute atomic E-state index is 13.7. The number of ketones is 1. The van der Waals surface area contributed by atoms with E-state index in [1.807, 2.05) is 32.0 Å². The minimum absolute atomic E-state index is 0.0314. The van der Waals surface area contributed by atoms with E-state index in [4.69, 9.17) is 14.2 Å². The molecule has 0 radical (unpaired) electrons. The van der Waals surface area contributed by atoms with Crippen molar-refractivity contribution in [3.8, 4) is 17.2 Å². The van der Waals surface area contributed by atoms with Crippen LogP contribution in [0.1, 0.15) is 55.7 Å². The molecule has 6 nitrogen and oxygen atoms in total. The molecule has 0 fully saturated rings. The number of hydrogen-bond acceptors (Lipinski definition) is 5. The normalized spacial score (nSPS) is 19.7. The summed E-state index contributed by atoms with van der Waals surface area (Å²) in [4.78, 5) is 29.1. The zero-order valence-electron chi connectivity index (χ0n) is 21.1. The lowest BCUT2D eigenvalue weighted by Gasteiger charge is -2.43. The van der Waals surface area contributed by atoms with Crippen molar-refractivity contribution in [2.24, 2.45) is 5.41 Å². The maximum Gasteiger partial charge on any atom is 0.232 e. The first kappa shape index (κ1) is 23.9. The van der Waals surface area contributed by atoms with Crippen LogP contribution in [-0.2, 0) is 9.59 Å². The molecule has 180 valence electrons. The number of methoxy groups -OCH3 is 3. The Kier molecular flexibility index (Phi) is 6.19. The molecular weight excluding hydrogens is 430 g/mol. The highest BCUT2D eigenvalue weighted by Gasteiger charge is 2.45. The Labute approximate surface area is 201 Å². The van der Waals surface area contributed by atoms with Crippen LogP contribution in [0, 0.1) is 19.3 Å². The highest BCUT2D eigenvalue weighted by Crippen LogP contribution is 2.51. The molecule has 0 saturated carbocycles. The standard InChI is InChI=1S/C28H33NO5/c1-16-8-17(2)10-18(9-16)29-21-14-28(3,4)15-22(30)27(21)20(12-26(29)31)19-11-24(33-6)25(34-7)13-23(19)32-5/h8-11,13,20H,12,14-15H2,1-7H3. The molecule has 2 aromatic rings. The van der Waals surface area contributed by atoms with Gasteiger partial charge in [0.2, 0.25) is 5.91 Å². The molecule has 34 heavy (non-hydrogen) atoms. The van der Waals surface area contributed by atoms with Gasteiger partial charge in [0.25, 0.3) is 0 Å². The van der Waals surface area contributed by atoms with Crippen molar-refractivity contribution in [2.75, 3.05) is 26.2 Å². The quantitative estimate of drug-likeness (QED) is 0.586. The van der Waals surface area contributed by atoms with Crippen molar-refractivity contribution < 1.29 is 23.8 Å². The van der Waals surface area contributed by atoms with Crippen LogP contribution < -0.4 is 19.1 Å². The van der Waals surface area contributed by atoms with Crippen LogP contribution in [-0.4, -0.2) is 33.0 Å². The van der Waals surface area contributed by atoms with Crippen LogP contribution >= 0.6 is 0 Å². The number of carbonyl (C=O) groups is 2. The molecule has 0 saturated heterocycles. The predicted octanol–water partition coefficient (Wildman–Crippen LogP) is 5.49. The summed E-state index contributed by atoms with van der Waals surface area (Å²) in [5.74, 6) is 1.27. The Balaban J connectivity index is 1.96. The van der Waals surface area contributed by atoms with E-state index in [2.05, 4.69) is 19.9 Å². The predicted molar refractivity (Wildman–Crippen MR) is 132 cm³/mol. The molecule has 2 aromatic carbocycles. The monoisotopic (exact) mass is 463 g/mol. The van der Waals surface area contributed by atoms with Gasteiger partial charge in [-0.15, -0.1) is 0 Å². The topological polar surface area (TPSA) is 65.1 Å². The highest BCUT2D eigenvalue weighted by atomic mass is 16.5. The first-order valence-electron chi connectivity index (χ1n) is 11.6. The average Bonchev–Trinajstić information content (AvgIpc) is 2.75. The van der Waals surface area contributed by atoms with Gasteiger partial charge >= 0.3 is 0 Å². The molecule has 4 rings (SSSR count). The number of anilines is 1. The SMILES string of the molecule is COc1cc(OC)c(C2CC(=O)N(c3cc(C)cc(C)c3)C3=C2C(=O)CC(C)(C)C3)cc1OC. The molecule has 0 N–H and O–H groups in total. The van der Waals surface area contributed by atoms with Crippen molar-refractivity contribution in [2.45, 2.75) is 52.9 Å². The van der Waals surface area contributed by atoms with Gasteiger partial charge in [0.05, 0.1) is 21.3 Å². The number of hydrogen-bond donors (Lipinski definition) is 0. The summed E-state index contributed by atoms with van der Waals surface area (Å²) < 4.78 is 16.6. The van der Waals surface area contributed by atoms with Crippen molar-refractivity contribution in [1.82, 2.24) is 0 Å². The molecular formula is C28H33NO5. The molecule has 1 amide bonds. The van der Waals surface area contributed by atoms with Crippen molar-refractivity contribution in [3.63, 3.8) is 0 Å². The summed E-state index contributed by atoms with van der Waals surface area (Å²) in [6.45, 7) is 8.21. The van der Waals surface area contributed by atoms with E-state index in [0.29, 0.717) is 35.7 Å². The second-order valence-electron chi connectivity index (χ2n) is 10.1. The number of rotatable bonds is 5. The molecule has 0 spiro atoms. The number of amides is 1. The van der Waals surface area contributed by atoms with E-state index in [1.54, 1.807) is 32.3 Å². The molecule has 1 unspecified atom stereocenters. The second kappa shape index (κ2) is 8.82. The number of allylic oxidation sites excluding steroid dienone is 2. The summed E-state index contributed by atoms with van der Waals surface area (Å²) in [6, 6.07) is 9.70. The Hall–Kier alpha value is -3.28. The van der Waals surface area contributed by atoms with Crippen molar-refractivity contribution >= 4 is 17.4 Å². The molecule has 0 bridgehead atoms. The Morgan fingerprint density at radius 1 is 0.824 bits per heavy atom. The smallest absolute Gasteiger partial charge is 0.232 e. The first-order chi connectivity index (χ1) is 16.1. The molecule has 1 aliphatic carbocycles. The minimum atomic E-state index is -0.414. The molecule has 1 heterocycles. The van der Waals surface area contributed by atoms with Gasteiger partial charge in [0.15, 0.2) is 17.3 Å². The van der Waals surface area contributed by atoms with Gasteiger partial charge in [0, 0.05) is 47.3 Å². The lowest BCUT2D eigenvalue weighted by atomic mass is 9.69. The summed E-state index contributed by atoms with van der Waals surface area (Å²) in [5, 5.41) is 0. The van der Waals surface area contributed by atoms with E-state index >= 15 is 0 Å². The van der Waals surface area contributed by atoms with Crippen LogP contribution in [0.2, 0.25) is 0 Å². The average molecular weight is 464 g/mol. The molecule has 6 heteroatoms. The van der Waals surface area contributed by atoms with Gasteiger partial charge in [-0.3, -0.25) is 14.5 Å². The Bertz CT molecular complexity index is 1170. The van der Waals surface area contributed by atoms with Crippen molar-refractivity contribution in [3.05, 3.63) is 58.3 Å². The third-order valence-electron chi connectivity index (χ3n) is 6.72. The van der Waals surface area contributed by atoms with Gasteiger partial charge in [0.1, 0.15) is 5.75 Å². The zero-order valence-corrected chi connectivity index (χ0v) is 21.1. The molecule has 1 atom stereocenters. The number of benzene rings is 2. The molecule has 2 aliphatic rings. The summed E-state index contributed by atoms with van der Waals surface area (Å²) in [6.07, 6.45) is 1.25. The van der Waals surface area contributed by atoms with Crippen LogP contribution in [0.5, 0.6) is 17.2 Å². The van der Waals surface area contributed by atoms with Crippen molar-refractivity contribution in [1.29, 1.82) is 0 Å². The summed E-state index contributed by atoms with van der Waals surface area (Å²) in [5.41, 5.74) is 4.99. The number of carbonyl (C=O) groups excluding carboxylic acids is 2. The van der Waals surface area contributed by atoms with Gasteiger partial charge in [-0.2, -0.15) is 0 Å². The number of Topliss-reactive ketones (excluding diaryl/α,β-unsaturated/α-hetero) is 1. The highest BCUT2D eigenvalue weighted by molar-refractivity contribution is 6.08. The van der Waals surface area contributed by atoms with Crippen LogP contribution in [0.15, 0.2) is 41.6 Å². The number of aryl methyl sites for hydroxylation is 2. The van der Waals surface area contributed by atoms with Gasteiger partial charge in [-0.1, -0.05) is 19.9 Å². The lowest BCUT2D eigenvalue weighted by Crippen LogP contribution is -2.43. The Morgan fingerprint density at radius 3 is 2.00 bits per heavy atom. The van der Waals surface area contributed by atoms with Crippen LogP contribution in [0.3, 0.4) is 0 Å². The first-order valence-corrected chi connectivity index (χ1v) is 11.6. The molecule has 0 aromatic heterocycles. The molecule has 1 aliphatic heterocycles. The third-order valence-corrected chi connectivity index (χ3v) is 6.72.